The Morgan fingerprint density at radius 1 is 1.26 bits per heavy atom. The molecule has 1 heterocycles. The molecule has 0 aliphatic rings. The summed E-state index contributed by atoms with van der Waals surface area (Å²) < 4.78 is 26.7. The Morgan fingerprint density at radius 2 is 1.95 bits per heavy atom. The number of aromatic amines is 1. The van der Waals surface area contributed by atoms with E-state index in [0.717, 1.165) is 24.3 Å². The van der Waals surface area contributed by atoms with Crippen LogP contribution in [-0.4, -0.2) is 16.1 Å². The van der Waals surface area contributed by atoms with Gasteiger partial charge in [-0.3, -0.25) is 4.79 Å². The minimum atomic E-state index is -1.38. The van der Waals surface area contributed by atoms with Gasteiger partial charge >= 0.3 is 5.97 Å². The molecule has 1 aromatic carbocycles. The van der Waals surface area contributed by atoms with Gasteiger partial charge in [0.15, 0.2) is 0 Å². The summed E-state index contributed by atoms with van der Waals surface area (Å²) in [4.78, 5) is 24.6. The van der Waals surface area contributed by atoms with Gasteiger partial charge in [-0.05, 0) is 36.8 Å². The SMILES string of the molecule is Cc1cc(C(=O)O)c(=O)[nH]c1-c1cc(F)ccc1F. The first-order chi connectivity index (χ1) is 8.90. The van der Waals surface area contributed by atoms with E-state index in [1.807, 2.05) is 0 Å². The van der Waals surface area contributed by atoms with E-state index in [2.05, 4.69) is 4.98 Å². The summed E-state index contributed by atoms with van der Waals surface area (Å²) >= 11 is 0. The molecule has 0 amide bonds. The fourth-order valence-electron chi connectivity index (χ4n) is 1.76. The molecule has 0 saturated carbocycles. The maximum absolute atomic E-state index is 13.6. The lowest BCUT2D eigenvalue weighted by Crippen LogP contribution is -2.18. The molecule has 0 radical (unpaired) electrons. The number of pyridine rings is 1. The maximum Gasteiger partial charge on any atom is 0.341 e. The number of hydrogen-bond acceptors (Lipinski definition) is 2. The Kier molecular flexibility index (Phi) is 3.16. The fraction of sp³-hybridized carbons (Fsp3) is 0.0769. The van der Waals surface area contributed by atoms with E-state index in [4.69, 9.17) is 5.11 Å². The van der Waals surface area contributed by atoms with Crippen molar-refractivity contribution >= 4 is 5.97 Å². The molecule has 0 spiro atoms. The largest absolute Gasteiger partial charge is 0.477 e. The van der Waals surface area contributed by atoms with Gasteiger partial charge in [-0.2, -0.15) is 0 Å². The zero-order valence-electron chi connectivity index (χ0n) is 9.83. The molecule has 0 atom stereocenters. The number of carbonyl (C=O) groups is 1. The van der Waals surface area contributed by atoms with Crippen molar-refractivity contribution in [2.45, 2.75) is 6.92 Å². The Hall–Kier alpha value is -2.50. The molecular formula is C13H9F2NO3. The molecule has 2 N–H and O–H groups in total. The van der Waals surface area contributed by atoms with Crippen molar-refractivity contribution in [3.05, 3.63) is 57.4 Å². The predicted molar refractivity (Wildman–Crippen MR) is 64.1 cm³/mol. The second kappa shape index (κ2) is 4.64. The van der Waals surface area contributed by atoms with Crippen LogP contribution in [0, 0.1) is 18.6 Å². The molecule has 0 aliphatic carbocycles. The number of aryl methyl sites for hydroxylation is 1. The van der Waals surface area contributed by atoms with Gasteiger partial charge in [-0.25, -0.2) is 13.6 Å². The van der Waals surface area contributed by atoms with E-state index < -0.39 is 28.7 Å². The molecule has 6 heteroatoms. The Labute approximate surface area is 106 Å². The molecular weight excluding hydrogens is 256 g/mol. The van der Waals surface area contributed by atoms with Crippen molar-refractivity contribution in [2.24, 2.45) is 0 Å². The van der Waals surface area contributed by atoms with Crippen molar-refractivity contribution in [1.29, 1.82) is 0 Å². The second-order valence-corrected chi connectivity index (χ2v) is 4.00. The van der Waals surface area contributed by atoms with Gasteiger partial charge in [0.2, 0.25) is 0 Å². The van der Waals surface area contributed by atoms with Crippen LogP contribution in [0.4, 0.5) is 8.78 Å². The van der Waals surface area contributed by atoms with E-state index in [0.29, 0.717) is 5.56 Å². The number of carboxylic acid groups (broad SMARTS) is 1. The average Bonchev–Trinajstić information content (AvgIpc) is 2.34. The molecule has 0 unspecified atom stereocenters. The monoisotopic (exact) mass is 265 g/mol. The number of aromatic carboxylic acids is 1. The molecule has 2 aromatic rings. The summed E-state index contributed by atoms with van der Waals surface area (Å²) in [5.74, 6) is -2.74. The molecule has 2 rings (SSSR count). The van der Waals surface area contributed by atoms with Crippen LogP contribution >= 0.6 is 0 Å². The van der Waals surface area contributed by atoms with Crippen LogP contribution in [0.5, 0.6) is 0 Å². The first-order valence-electron chi connectivity index (χ1n) is 5.33. The standard InChI is InChI=1S/C13H9F2NO3/c1-6-4-9(13(18)19)12(17)16-11(6)8-5-7(14)2-3-10(8)15/h2-5H,1H3,(H,16,17)(H,18,19). The molecule has 0 saturated heterocycles. The molecule has 1 aromatic heterocycles. The van der Waals surface area contributed by atoms with Crippen LogP contribution in [-0.2, 0) is 0 Å². The highest BCUT2D eigenvalue weighted by Crippen LogP contribution is 2.24. The molecule has 19 heavy (non-hydrogen) atoms. The number of nitrogens with one attached hydrogen (secondary N) is 1. The second-order valence-electron chi connectivity index (χ2n) is 4.00. The lowest BCUT2D eigenvalue weighted by molar-refractivity contribution is 0.0695. The molecule has 0 bridgehead atoms. The number of benzene rings is 1. The number of halogens is 2. The Morgan fingerprint density at radius 3 is 2.58 bits per heavy atom. The van der Waals surface area contributed by atoms with Gasteiger partial charge in [0.1, 0.15) is 17.2 Å². The van der Waals surface area contributed by atoms with Gasteiger partial charge < -0.3 is 10.1 Å². The van der Waals surface area contributed by atoms with Crippen LogP contribution in [0.1, 0.15) is 15.9 Å². The number of carboxylic acids is 1. The summed E-state index contributed by atoms with van der Waals surface area (Å²) in [6.45, 7) is 1.50. The van der Waals surface area contributed by atoms with E-state index in [1.165, 1.54) is 6.92 Å². The molecule has 0 fully saturated rings. The van der Waals surface area contributed by atoms with Crippen molar-refractivity contribution in [1.82, 2.24) is 4.98 Å². The lowest BCUT2D eigenvalue weighted by atomic mass is 10.0. The Balaban J connectivity index is 2.70. The summed E-state index contributed by atoms with van der Waals surface area (Å²) in [5, 5.41) is 8.80. The predicted octanol–water partition coefficient (Wildman–Crippen LogP) is 2.33. The van der Waals surface area contributed by atoms with E-state index in [9.17, 15) is 18.4 Å². The number of hydrogen-bond donors (Lipinski definition) is 2. The van der Waals surface area contributed by atoms with Gasteiger partial charge in [-0.15, -0.1) is 0 Å². The van der Waals surface area contributed by atoms with Crippen molar-refractivity contribution in [3.63, 3.8) is 0 Å². The average molecular weight is 265 g/mol. The van der Waals surface area contributed by atoms with Gasteiger partial charge in [-0.1, -0.05) is 0 Å². The third kappa shape index (κ3) is 2.37. The summed E-state index contributed by atoms with van der Waals surface area (Å²) in [6.07, 6.45) is 0. The highest BCUT2D eigenvalue weighted by molar-refractivity contribution is 5.88. The summed E-state index contributed by atoms with van der Waals surface area (Å²) in [5.41, 5.74) is -1.03. The smallest absolute Gasteiger partial charge is 0.341 e. The first-order valence-corrected chi connectivity index (χ1v) is 5.33. The normalized spacial score (nSPS) is 10.5. The number of rotatable bonds is 2. The molecule has 0 aliphatic heterocycles. The van der Waals surface area contributed by atoms with Crippen LogP contribution in [0.15, 0.2) is 29.1 Å². The Bertz CT molecular complexity index is 722. The summed E-state index contributed by atoms with van der Waals surface area (Å²) in [6, 6.07) is 3.96. The minimum absolute atomic E-state index is 0.0620. The van der Waals surface area contributed by atoms with Crippen LogP contribution in [0.3, 0.4) is 0 Å². The lowest BCUT2D eigenvalue weighted by Gasteiger charge is -2.08. The van der Waals surface area contributed by atoms with Crippen LogP contribution < -0.4 is 5.56 Å². The van der Waals surface area contributed by atoms with E-state index in [-0.39, 0.29) is 11.3 Å². The van der Waals surface area contributed by atoms with Gasteiger partial charge in [0.05, 0.1) is 5.69 Å². The van der Waals surface area contributed by atoms with Crippen molar-refractivity contribution < 1.29 is 18.7 Å². The van der Waals surface area contributed by atoms with Crippen molar-refractivity contribution in [3.8, 4) is 11.3 Å². The summed E-state index contributed by atoms with van der Waals surface area (Å²) in [7, 11) is 0. The highest BCUT2D eigenvalue weighted by atomic mass is 19.1. The third-order valence-electron chi connectivity index (χ3n) is 2.67. The molecule has 4 nitrogen and oxygen atoms in total. The minimum Gasteiger partial charge on any atom is -0.477 e. The number of aromatic nitrogens is 1. The van der Waals surface area contributed by atoms with Crippen molar-refractivity contribution in [2.75, 3.05) is 0 Å². The maximum atomic E-state index is 13.6. The zero-order valence-corrected chi connectivity index (χ0v) is 9.83. The fourth-order valence-corrected chi connectivity index (χ4v) is 1.76. The van der Waals surface area contributed by atoms with Gasteiger partial charge in [0, 0.05) is 5.56 Å². The topological polar surface area (TPSA) is 70.2 Å². The van der Waals surface area contributed by atoms with Crippen LogP contribution in [0.2, 0.25) is 0 Å². The molecule has 98 valence electrons. The van der Waals surface area contributed by atoms with E-state index >= 15 is 0 Å². The highest BCUT2D eigenvalue weighted by Gasteiger charge is 2.15. The quantitative estimate of drug-likeness (QED) is 0.875. The number of H-pyrrole nitrogens is 1. The first kappa shape index (κ1) is 12.9. The third-order valence-corrected chi connectivity index (χ3v) is 2.67. The van der Waals surface area contributed by atoms with Crippen LogP contribution in [0.25, 0.3) is 11.3 Å². The van der Waals surface area contributed by atoms with Gasteiger partial charge in [0.25, 0.3) is 5.56 Å². The zero-order chi connectivity index (χ0) is 14.2. The van der Waals surface area contributed by atoms with E-state index in [1.54, 1.807) is 0 Å².